The lowest BCUT2D eigenvalue weighted by Gasteiger charge is -2.24. The van der Waals surface area contributed by atoms with E-state index in [4.69, 9.17) is 0 Å². The average molecular weight is 214 g/mol. The van der Waals surface area contributed by atoms with Gasteiger partial charge in [-0.1, -0.05) is 40.0 Å². The summed E-state index contributed by atoms with van der Waals surface area (Å²) in [7, 11) is 6.84. The molecule has 0 radical (unpaired) electrons. The van der Waals surface area contributed by atoms with Crippen LogP contribution < -0.4 is 0 Å². The second-order valence-electron chi connectivity index (χ2n) is 6.59. The van der Waals surface area contributed by atoms with Crippen molar-refractivity contribution in [2.75, 3.05) is 27.7 Å². The average Bonchev–Trinajstić information content (AvgIpc) is 2.00. The van der Waals surface area contributed by atoms with E-state index < -0.39 is 0 Å². The van der Waals surface area contributed by atoms with Gasteiger partial charge in [0.25, 0.3) is 0 Å². The van der Waals surface area contributed by atoms with Gasteiger partial charge in [-0.15, -0.1) is 0 Å². The number of hydrogen-bond donors (Lipinski definition) is 0. The molecule has 0 spiro atoms. The highest BCUT2D eigenvalue weighted by Gasteiger charge is 2.08. The van der Waals surface area contributed by atoms with E-state index in [2.05, 4.69) is 41.9 Å². The minimum atomic E-state index is 0.878. The monoisotopic (exact) mass is 214 g/mol. The van der Waals surface area contributed by atoms with Gasteiger partial charge in [-0.2, -0.15) is 0 Å². The Morgan fingerprint density at radius 2 is 1.33 bits per heavy atom. The molecule has 15 heavy (non-hydrogen) atoms. The van der Waals surface area contributed by atoms with E-state index in [1.807, 2.05) is 0 Å². The molecule has 0 amide bonds. The van der Waals surface area contributed by atoms with Crippen molar-refractivity contribution in [3.63, 3.8) is 0 Å². The van der Waals surface area contributed by atoms with Crippen molar-refractivity contribution >= 4 is 0 Å². The number of hydrogen-bond acceptors (Lipinski definition) is 0. The van der Waals surface area contributed by atoms with E-state index >= 15 is 0 Å². The van der Waals surface area contributed by atoms with E-state index in [0.717, 1.165) is 16.3 Å². The van der Waals surface area contributed by atoms with Crippen molar-refractivity contribution in [2.24, 2.45) is 11.8 Å². The molecule has 0 heterocycles. The third kappa shape index (κ3) is 11.9. The standard InChI is InChI=1S/C14H32N/c1-13(2)9-7-10-14(3)11-8-12-15(4,5)6/h13-14H,7-12H2,1-6H3/q+1. The van der Waals surface area contributed by atoms with Gasteiger partial charge in [-0.25, -0.2) is 0 Å². The van der Waals surface area contributed by atoms with Gasteiger partial charge >= 0.3 is 0 Å². The van der Waals surface area contributed by atoms with Crippen LogP contribution in [0.1, 0.15) is 52.9 Å². The molecule has 0 saturated carbocycles. The molecule has 1 heteroatoms. The predicted molar refractivity (Wildman–Crippen MR) is 70.0 cm³/mol. The van der Waals surface area contributed by atoms with Crippen molar-refractivity contribution in [2.45, 2.75) is 52.9 Å². The van der Waals surface area contributed by atoms with Crippen LogP contribution in [0.3, 0.4) is 0 Å². The van der Waals surface area contributed by atoms with Crippen LogP contribution in [-0.2, 0) is 0 Å². The van der Waals surface area contributed by atoms with Crippen molar-refractivity contribution < 1.29 is 4.48 Å². The summed E-state index contributed by atoms with van der Waals surface area (Å²) in [6, 6.07) is 0. The van der Waals surface area contributed by atoms with E-state index in [-0.39, 0.29) is 0 Å². The molecule has 0 aromatic heterocycles. The van der Waals surface area contributed by atoms with Crippen LogP contribution >= 0.6 is 0 Å². The minimum Gasteiger partial charge on any atom is -0.331 e. The van der Waals surface area contributed by atoms with Gasteiger partial charge in [0.05, 0.1) is 27.7 Å². The molecule has 0 bridgehead atoms. The van der Waals surface area contributed by atoms with Gasteiger partial charge in [0, 0.05) is 0 Å². The molecule has 1 atom stereocenters. The first-order valence-corrected chi connectivity index (χ1v) is 6.61. The van der Waals surface area contributed by atoms with Gasteiger partial charge in [0.2, 0.25) is 0 Å². The third-order valence-corrected chi connectivity index (χ3v) is 3.00. The highest BCUT2D eigenvalue weighted by molar-refractivity contribution is 4.55. The summed E-state index contributed by atoms with van der Waals surface area (Å²) in [5.41, 5.74) is 0. The first kappa shape index (κ1) is 15.0. The van der Waals surface area contributed by atoms with Crippen molar-refractivity contribution in [3.05, 3.63) is 0 Å². The van der Waals surface area contributed by atoms with E-state index in [9.17, 15) is 0 Å². The first-order chi connectivity index (χ1) is 6.81. The lowest BCUT2D eigenvalue weighted by Crippen LogP contribution is -2.35. The molecule has 1 nitrogen and oxygen atoms in total. The smallest absolute Gasteiger partial charge is 0.0780 e. The van der Waals surface area contributed by atoms with E-state index in [1.54, 1.807) is 0 Å². The maximum atomic E-state index is 2.41. The van der Waals surface area contributed by atoms with E-state index in [1.165, 1.54) is 38.6 Å². The van der Waals surface area contributed by atoms with Crippen LogP contribution in [-0.4, -0.2) is 32.2 Å². The molecule has 92 valence electrons. The summed E-state index contributed by atoms with van der Waals surface area (Å²) >= 11 is 0. The zero-order valence-electron chi connectivity index (χ0n) is 11.8. The highest BCUT2D eigenvalue weighted by atomic mass is 15.3. The lowest BCUT2D eigenvalue weighted by atomic mass is 9.96. The Morgan fingerprint density at radius 1 is 0.800 bits per heavy atom. The Hall–Kier alpha value is -0.0400. The zero-order chi connectivity index (χ0) is 11.9. The van der Waals surface area contributed by atoms with Crippen molar-refractivity contribution in [3.8, 4) is 0 Å². The maximum absolute atomic E-state index is 2.41. The molecule has 0 aliphatic heterocycles. The zero-order valence-corrected chi connectivity index (χ0v) is 11.8. The molecule has 0 aromatic rings. The summed E-state index contributed by atoms with van der Waals surface area (Å²) in [5, 5.41) is 0. The van der Waals surface area contributed by atoms with Crippen LogP contribution in [0, 0.1) is 11.8 Å². The number of quaternary nitrogens is 1. The largest absolute Gasteiger partial charge is 0.331 e. The van der Waals surface area contributed by atoms with Crippen LogP contribution in [0.4, 0.5) is 0 Å². The fourth-order valence-electron chi connectivity index (χ4n) is 1.93. The van der Waals surface area contributed by atoms with Crippen LogP contribution in [0.15, 0.2) is 0 Å². The SMILES string of the molecule is CC(C)CCCC(C)CCC[N+](C)(C)C. The molecular formula is C14H32N+. The fourth-order valence-corrected chi connectivity index (χ4v) is 1.93. The molecule has 0 N–H and O–H groups in total. The third-order valence-electron chi connectivity index (χ3n) is 3.00. The first-order valence-electron chi connectivity index (χ1n) is 6.61. The highest BCUT2D eigenvalue weighted by Crippen LogP contribution is 2.16. The van der Waals surface area contributed by atoms with Crippen molar-refractivity contribution in [1.82, 2.24) is 0 Å². The Kier molecular flexibility index (Phi) is 7.25. The Labute approximate surface area is 97.5 Å². The Balaban J connectivity index is 3.37. The molecule has 0 aromatic carbocycles. The quantitative estimate of drug-likeness (QED) is 0.537. The van der Waals surface area contributed by atoms with Gasteiger partial charge in [0.1, 0.15) is 0 Å². The summed E-state index contributed by atoms with van der Waals surface area (Å²) in [4.78, 5) is 0. The fraction of sp³-hybridized carbons (Fsp3) is 1.00. The number of rotatable bonds is 8. The van der Waals surface area contributed by atoms with Crippen LogP contribution in [0.5, 0.6) is 0 Å². The molecule has 0 aliphatic carbocycles. The van der Waals surface area contributed by atoms with Gasteiger partial charge in [0.15, 0.2) is 0 Å². The molecule has 1 unspecified atom stereocenters. The Morgan fingerprint density at radius 3 is 1.80 bits per heavy atom. The Bertz CT molecular complexity index is 144. The lowest BCUT2D eigenvalue weighted by molar-refractivity contribution is -0.870. The molecule has 0 saturated heterocycles. The summed E-state index contributed by atoms with van der Waals surface area (Å²) in [6.45, 7) is 8.37. The van der Waals surface area contributed by atoms with Crippen LogP contribution in [0.2, 0.25) is 0 Å². The van der Waals surface area contributed by atoms with Crippen LogP contribution in [0.25, 0.3) is 0 Å². The van der Waals surface area contributed by atoms with Gasteiger partial charge < -0.3 is 4.48 Å². The van der Waals surface area contributed by atoms with Gasteiger partial charge in [-0.05, 0) is 24.7 Å². The summed E-state index contributed by atoms with van der Waals surface area (Å²) in [5.74, 6) is 1.80. The summed E-state index contributed by atoms with van der Waals surface area (Å²) in [6.07, 6.45) is 7.04. The second-order valence-corrected chi connectivity index (χ2v) is 6.59. The van der Waals surface area contributed by atoms with Crippen molar-refractivity contribution in [1.29, 1.82) is 0 Å². The van der Waals surface area contributed by atoms with Gasteiger partial charge in [-0.3, -0.25) is 0 Å². The number of nitrogens with zero attached hydrogens (tertiary/aromatic N) is 1. The molecule has 0 fully saturated rings. The maximum Gasteiger partial charge on any atom is 0.0780 e. The molecular weight excluding hydrogens is 182 g/mol. The predicted octanol–water partition coefficient (Wildman–Crippen LogP) is 3.94. The topological polar surface area (TPSA) is 0 Å². The summed E-state index contributed by atoms with van der Waals surface area (Å²) < 4.78 is 1.11. The van der Waals surface area contributed by atoms with E-state index in [0.29, 0.717) is 0 Å². The molecule has 0 aliphatic rings. The second kappa shape index (κ2) is 7.27. The normalized spacial score (nSPS) is 14.6. The minimum absolute atomic E-state index is 0.878. The molecule has 0 rings (SSSR count).